The van der Waals surface area contributed by atoms with Gasteiger partial charge >= 0.3 is 0 Å². The number of aryl methyl sites for hydroxylation is 1. The van der Waals surface area contributed by atoms with Crippen LogP contribution in [0.2, 0.25) is 0 Å². The van der Waals surface area contributed by atoms with Gasteiger partial charge in [-0.3, -0.25) is 28.8 Å². The fourth-order valence-corrected chi connectivity index (χ4v) is 6.75. The first kappa shape index (κ1) is 34.8. The fraction of sp³-hybridized carbons (Fsp3) is 0.486. The average Bonchev–Trinajstić information content (AvgIpc) is 3.75. The summed E-state index contributed by atoms with van der Waals surface area (Å²) in [7, 11) is 1.71. The SMILES string of the molecule is CCC(=O)NC(Cc1ccc(CNC(=O)C(NC(=O)c2ccnn2C)C2CCCCC2)cc1)C(=O)NC1CCN(Cc2ccccc2)C1. The Kier molecular flexibility index (Phi) is 12.4. The monoisotopic (exact) mass is 655 g/mol. The van der Waals surface area contributed by atoms with Crippen LogP contribution < -0.4 is 21.3 Å². The van der Waals surface area contributed by atoms with Crippen LogP contribution in [0.25, 0.3) is 0 Å². The van der Waals surface area contributed by atoms with Gasteiger partial charge in [0, 0.05) is 58.3 Å². The number of benzene rings is 2. The van der Waals surface area contributed by atoms with Gasteiger partial charge in [-0.15, -0.1) is 0 Å². The third-order valence-electron chi connectivity index (χ3n) is 9.51. The van der Waals surface area contributed by atoms with Gasteiger partial charge in [0.1, 0.15) is 17.8 Å². The highest BCUT2D eigenvalue weighted by molar-refractivity contribution is 5.96. The molecule has 2 aliphatic rings. The molecule has 2 fully saturated rings. The molecular formula is C37H49N7O4. The highest BCUT2D eigenvalue weighted by Crippen LogP contribution is 2.27. The number of amides is 4. The number of aromatic nitrogens is 2. The molecule has 11 heteroatoms. The van der Waals surface area contributed by atoms with E-state index in [1.54, 1.807) is 26.2 Å². The Morgan fingerprint density at radius 2 is 1.58 bits per heavy atom. The van der Waals surface area contributed by atoms with Crippen LogP contribution in [-0.2, 0) is 40.9 Å². The number of carbonyl (C=O) groups is 4. The van der Waals surface area contributed by atoms with Crippen molar-refractivity contribution >= 4 is 23.6 Å². The molecule has 48 heavy (non-hydrogen) atoms. The van der Waals surface area contributed by atoms with Crippen molar-refractivity contribution in [3.8, 4) is 0 Å². The number of carbonyl (C=O) groups excluding carboxylic acids is 4. The van der Waals surface area contributed by atoms with Crippen molar-refractivity contribution in [3.63, 3.8) is 0 Å². The van der Waals surface area contributed by atoms with Gasteiger partial charge in [0.05, 0.1) is 0 Å². The molecule has 11 nitrogen and oxygen atoms in total. The Balaban J connectivity index is 1.15. The maximum absolute atomic E-state index is 13.4. The first-order valence-electron chi connectivity index (χ1n) is 17.3. The Hall–Kier alpha value is -4.51. The molecule has 3 aromatic rings. The second-order valence-corrected chi connectivity index (χ2v) is 13.1. The maximum Gasteiger partial charge on any atom is 0.270 e. The standard InChI is InChI=1S/C37H49N7O4/c1-3-33(45)41-31(35(46)40-30-19-21-44(25-30)24-28-10-6-4-7-11-28)22-26-14-16-27(17-15-26)23-38-37(48)34(29-12-8-5-9-13-29)42-36(47)32-18-20-39-43(32)2/h4,6-7,10-11,14-18,20,29-31,34H,3,5,8-9,12-13,19,21-25H2,1-2H3,(H,38,48)(H,40,46)(H,41,45)(H,42,47). The molecule has 3 atom stereocenters. The molecule has 256 valence electrons. The van der Waals surface area contributed by atoms with E-state index in [4.69, 9.17) is 0 Å². The molecule has 0 bridgehead atoms. The smallest absolute Gasteiger partial charge is 0.270 e. The third kappa shape index (κ3) is 9.76. The fourth-order valence-electron chi connectivity index (χ4n) is 6.75. The second-order valence-electron chi connectivity index (χ2n) is 13.1. The molecule has 1 aliphatic heterocycles. The van der Waals surface area contributed by atoms with Crippen molar-refractivity contribution in [2.75, 3.05) is 13.1 Å². The van der Waals surface area contributed by atoms with E-state index in [2.05, 4.69) is 43.4 Å². The van der Waals surface area contributed by atoms with Gasteiger partial charge in [0.2, 0.25) is 17.7 Å². The third-order valence-corrected chi connectivity index (χ3v) is 9.51. The van der Waals surface area contributed by atoms with E-state index in [0.717, 1.165) is 69.3 Å². The van der Waals surface area contributed by atoms with Gasteiger partial charge in [0.25, 0.3) is 5.91 Å². The van der Waals surface area contributed by atoms with Crippen molar-refractivity contribution < 1.29 is 19.2 Å². The molecule has 3 unspecified atom stereocenters. The predicted molar refractivity (Wildman–Crippen MR) is 184 cm³/mol. The lowest BCUT2D eigenvalue weighted by Gasteiger charge is -2.30. The van der Waals surface area contributed by atoms with E-state index in [-0.39, 0.29) is 35.6 Å². The molecule has 0 spiro atoms. The van der Waals surface area contributed by atoms with Crippen LogP contribution in [0.4, 0.5) is 0 Å². The zero-order valence-corrected chi connectivity index (χ0v) is 28.1. The number of likely N-dealkylation sites (tertiary alicyclic amines) is 1. The summed E-state index contributed by atoms with van der Waals surface area (Å²) in [6, 6.07) is 18.4. The van der Waals surface area contributed by atoms with Crippen molar-refractivity contribution in [2.45, 2.75) is 89.5 Å². The van der Waals surface area contributed by atoms with Crippen LogP contribution >= 0.6 is 0 Å². The summed E-state index contributed by atoms with van der Waals surface area (Å²) in [4.78, 5) is 54.5. The van der Waals surface area contributed by atoms with Crippen molar-refractivity contribution in [3.05, 3.63) is 89.2 Å². The van der Waals surface area contributed by atoms with Crippen LogP contribution in [0.5, 0.6) is 0 Å². The van der Waals surface area contributed by atoms with E-state index in [1.807, 2.05) is 42.5 Å². The van der Waals surface area contributed by atoms with E-state index >= 15 is 0 Å². The van der Waals surface area contributed by atoms with Gasteiger partial charge < -0.3 is 21.3 Å². The van der Waals surface area contributed by atoms with Crippen molar-refractivity contribution in [2.24, 2.45) is 13.0 Å². The zero-order valence-electron chi connectivity index (χ0n) is 28.1. The summed E-state index contributed by atoms with van der Waals surface area (Å²) >= 11 is 0. The van der Waals surface area contributed by atoms with Crippen molar-refractivity contribution in [1.29, 1.82) is 0 Å². The summed E-state index contributed by atoms with van der Waals surface area (Å²) in [6.07, 6.45) is 8.11. The lowest BCUT2D eigenvalue weighted by atomic mass is 9.83. The topological polar surface area (TPSA) is 137 Å². The molecule has 1 aromatic heterocycles. The molecular weight excluding hydrogens is 606 g/mol. The Bertz CT molecular complexity index is 1520. The molecule has 2 heterocycles. The number of nitrogens with zero attached hydrogens (tertiary/aromatic N) is 3. The summed E-state index contributed by atoms with van der Waals surface area (Å²) in [5.41, 5.74) is 3.46. The summed E-state index contributed by atoms with van der Waals surface area (Å²) in [5, 5.41) is 16.2. The minimum absolute atomic E-state index is 0.0274. The lowest BCUT2D eigenvalue weighted by molar-refractivity contribution is -0.129. The number of hydrogen-bond acceptors (Lipinski definition) is 6. The molecule has 1 saturated heterocycles. The Morgan fingerprint density at radius 3 is 2.27 bits per heavy atom. The van der Waals surface area contributed by atoms with E-state index in [9.17, 15) is 19.2 Å². The van der Waals surface area contributed by atoms with Crippen LogP contribution in [-0.4, -0.2) is 69.5 Å². The largest absolute Gasteiger partial charge is 0.350 e. The highest BCUT2D eigenvalue weighted by atomic mass is 16.2. The van der Waals surface area contributed by atoms with Gasteiger partial charge in [0.15, 0.2) is 0 Å². The maximum atomic E-state index is 13.4. The minimum atomic E-state index is -0.689. The number of rotatable bonds is 14. The summed E-state index contributed by atoms with van der Waals surface area (Å²) < 4.78 is 1.50. The van der Waals surface area contributed by atoms with Crippen molar-refractivity contribution in [1.82, 2.24) is 35.9 Å². The summed E-state index contributed by atoms with van der Waals surface area (Å²) in [6.45, 7) is 4.60. The van der Waals surface area contributed by atoms with Gasteiger partial charge in [-0.05, 0) is 47.9 Å². The second kappa shape index (κ2) is 17.1. The van der Waals surface area contributed by atoms with E-state index < -0.39 is 12.1 Å². The van der Waals surface area contributed by atoms with Gasteiger partial charge in [-0.25, -0.2) is 0 Å². The van der Waals surface area contributed by atoms with Gasteiger partial charge in [-0.1, -0.05) is 80.8 Å². The predicted octanol–water partition coefficient (Wildman–Crippen LogP) is 3.24. The number of hydrogen-bond donors (Lipinski definition) is 4. The average molecular weight is 656 g/mol. The van der Waals surface area contributed by atoms with Crippen LogP contribution in [0.15, 0.2) is 66.9 Å². The minimum Gasteiger partial charge on any atom is -0.350 e. The molecule has 0 radical (unpaired) electrons. The first-order chi connectivity index (χ1) is 23.3. The molecule has 5 rings (SSSR count). The van der Waals surface area contributed by atoms with Crippen LogP contribution in [0.1, 0.15) is 79.0 Å². The molecule has 2 aromatic carbocycles. The van der Waals surface area contributed by atoms with E-state index in [1.165, 1.54) is 10.2 Å². The van der Waals surface area contributed by atoms with Crippen LogP contribution in [0, 0.1) is 5.92 Å². The lowest BCUT2D eigenvalue weighted by Crippen LogP contribution is -2.51. The molecule has 1 saturated carbocycles. The first-order valence-corrected chi connectivity index (χ1v) is 17.3. The Labute approximate surface area is 283 Å². The van der Waals surface area contributed by atoms with E-state index in [0.29, 0.717) is 25.1 Å². The quantitative estimate of drug-likeness (QED) is 0.211. The molecule has 4 amide bonds. The Morgan fingerprint density at radius 1 is 0.854 bits per heavy atom. The molecule has 1 aliphatic carbocycles. The zero-order chi connectivity index (χ0) is 33.9. The highest BCUT2D eigenvalue weighted by Gasteiger charge is 2.32. The summed E-state index contributed by atoms with van der Waals surface area (Å²) in [5.74, 6) is -0.779. The van der Waals surface area contributed by atoms with Gasteiger partial charge in [-0.2, -0.15) is 5.10 Å². The number of nitrogens with one attached hydrogen (secondary N) is 4. The van der Waals surface area contributed by atoms with Crippen LogP contribution in [0.3, 0.4) is 0 Å². The normalized spacial score (nSPS) is 18.1. The molecule has 4 N–H and O–H groups in total.